The lowest BCUT2D eigenvalue weighted by atomic mass is 10.0. The quantitative estimate of drug-likeness (QED) is 0.592. The Morgan fingerprint density at radius 1 is 1.13 bits per heavy atom. The Hall–Kier alpha value is -2.00. The van der Waals surface area contributed by atoms with Gasteiger partial charge in [0.05, 0.1) is 0 Å². The van der Waals surface area contributed by atoms with E-state index in [1.807, 2.05) is 67.6 Å². The third-order valence-corrected chi connectivity index (χ3v) is 6.16. The minimum Gasteiger partial charge on any atom is -0.347 e. The van der Waals surface area contributed by atoms with E-state index in [1.165, 1.54) is 6.07 Å². The van der Waals surface area contributed by atoms with Crippen molar-refractivity contribution < 1.29 is 14.0 Å². The first kappa shape index (κ1) is 23.7. The maximum atomic E-state index is 13.9. The summed E-state index contributed by atoms with van der Waals surface area (Å²) in [6.07, 6.45) is 0. The van der Waals surface area contributed by atoms with Gasteiger partial charge in [0.25, 0.3) is 11.8 Å². The Morgan fingerprint density at radius 3 is 2.52 bits per heavy atom. The summed E-state index contributed by atoms with van der Waals surface area (Å²) in [5.41, 5.74) is 1.81. The molecule has 0 radical (unpaired) electrons. The van der Waals surface area contributed by atoms with Crippen molar-refractivity contribution in [2.24, 2.45) is 0 Å². The van der Waals surface area contributed by atoms with Crippen molar-refractivity contribution in [3.8, 4) is 0 Å². The predicted molar refractivity (Wildman–Crippen MR) is 129 cm³/mol. The van der Waals surface area contributed by atoms with Gasteiger partial charge in [-0.05, 0) is 86.2 Å². The van der Waals surface area contributed by atoms with E-state index in [0.29, 0.717) is 34.3 Å². The number of benzene rings is 2. The van der Waals surface area contributed by atoms with E-state index >= 15 is 0 Å². The molecule has 0 aromatic heterocycles. The number of hydrogen-bond donors (Lipinski definition) is 1. The monoisotopic (exact) mass is 537 g/mol. The van der Waals surface area contributed by atoms with Crippen LogP contribution in [0.15, 0.2) is 42.5 Å². The molecule has 1 atom stereocenters. The molecule has 5 nitrogen and oxygen atoms in total. The van der Waals surface area contributed by atoms with Gasteiger partial charge < -0.3 is 10.2 Å². The number of hydrogen-bond acceptors (Lipinski definition) is 3. The van der Waals surface area contributed by atoms with Crippen LogP contribution in [0.25, 0.3) is 0 Å². The first-order valence-electron chi connectivity index (χ1n) is 10.4. The van der Waals surface area contributed by atoms with E-state index in [4.69, 9.17) is 0 Å². The highest BCUT2D eigenvalue weighted by Gasteiger charge is 2.28. The van der Waals surface area contributed by atoms with Crippen LogP contribution < -0.4 is 5.32 Å². The highest BCUT2D eigenvalue weighted by atomic mass is 127. The molecule has 0 aliphatic carbocycles. The van der Waals surface area contributed by atoms with Crippen molar-refractivity contribution in [2.75, 3.05) is 19.6 Å². The maximum absolute atomic E-state index is 13.9. The van der Waals surface area contributed by atoms with Crippen LogP contribution in [0.3, 0.4) is 0 Å². The van der Waals surface area contributed by atoms with Crippen LogP contribution in [-0.4, -0.2) is 52.8 Å². The van der Waals surface area contributed by atoms with Gasteiger partial charge in [-0.2, -0.15) is 0 Å². The minimum absolute atomic E-state index is 0.0810. The SMILES string of the molecule is C[C@@H]1CN(C(=O)c2ccc(I)c(F)c2)CCN1Cc1cccc(C(=O)NC(C)(C)C)c1. The van der Waals surface area contributed by atoms with Crippen LogP contribution in [0.5, 0.6) is 0 Å². The summed E-state index contributed by atoms with van der Waals surface area (Å²) in [5, 5.41) is 2.99. The van der Waals surface area contributed by atoms with Gasteiger partial charge in [-0.1, -0.05) is 12.1 Å². The highest BCUT2D eigenvalue weighted by molar-refractivity contribution is 14.1. The second-order valence-electron chi connectivity index (χ2n) is 9.10. The number of rotatable bonds is 4. The molecule has 0 saturated carbocycles. The van der Waals surface area contributed by atoms with Crippen LogP contribution in [0.1, 0.15) is 54.0 Å². The topological polar surface area (TPSA) is 52.7 Å². The summed E-state index contributed by atoms with van der Waals surface area (Å²) >= 11 is 1.92. The first-order chi connectivity index (χ1) is 14.5. The number of carbonyl (C=O) groups excluding carboxylic acids is 2. The molecular formula is C24H29FIN3O2. The standard InChI is InChI=1S/C24H29FIN3O2/c1-16-14-29(23(31)19-8-9-21(26)20(25)13-19)11-10-28(16)15-17-6-5-7-18(12-17)22(30)27-24(2,3)4/h5-9,12-13,16H,10-11,14-15H2,1-4H3,(H,27,30)/t16-/m1/s1. The predicted octanol–water partition coefficient (Wildman–Crippen LogP) is 4.31. The molecule has 1 N–H and O–H groups in total. The average Bonchev–Trinajstić information content (AvgIpc) is 2.70. The van der Waals surface area contributed by atoms with Gasteiger partial charge in [0.2, 0.25) is 0 Å². The number of nitrogens with zero attached hydrogens (tertiary/aromatic N) is 2. The van der Waals surface area contributed by atoms with Crippen molar-refractivity contribution in [2.45, 2.75) is 45.8 Å². The Balaban J connectivity index is 1.63. The van der Waals surface area contributed by atoms with Gasteiger partial charge in [0.15, 0.2) is 0 Å². The summed E-state index contributed by atoms with van der Waals surface area (Å²) in [5.74, 6) is -0.585. The molecule has 1 heterocycles. The molecule has 1 saturated heterocycles. The third kappa shape index (κ3) is 6.26. The van der Waals surface area contributed by atoms with E-state index in [2.05, 4.69) is 17.1 Å². The van der Waals surface area contributed by atoms with Crippen molar-refractivity contribution in [1.29, 1.82) is 0 Å². The van der Waals surface area contributed by atoms with Gasteiger partial charge in [-0.3, -0.25) is 14.5 Å². The van der Waals surface area contributed by atoms with Crippen LogP contribution >= 0.6 is 22.6 Å². The fraction of sp³-hybridized carbons (Fsp3) is 0.417. The van der Waals surface area contributed by atoms with Crippen LogP contribution in [-0.2, 0) is 6.54 Å². The highest BCUT2D eigenvalue weighted by Crippen LogP contribution is 2.19. The lowest BCUT2D eigenvalue weighted by molar-refractivity contribution is 0.0494. The molecule has 0 spiro atoms. The van der Waals surface area contributed by atoms with Gasteiger partial charge in [-0.15, -0.1) is 0 Å². The second-order valence-corrected chi connectivity index (χ2v) is 10.3. The van der Waals surface area contributed by atoms with E-state index in [-0.39, 0.29) is 29.2 Å². The fourth-order valence-electron chi connectivity index (χ4n) is 3.68. The Kier molecular flexibility index (Phi) is 7.36. The van der Waals surface area contributed by atoms with Gasteiger partial charge in [0.1, 0.15) is 5.82 Å². The molecule has 2 aromatic rings. The Morgan fingerprint density at radius 2 is 1.87 bits per heavy atom. The number of nitrogens with one attached hydrogen (secondary N) is 1. The molecule has 1 fully saturated rings. The zero-order valence-corrected chi connectivity index (χ0v) is 20.6. The van der Waals surface area contributed by atoms with Crippen molar-refractivity contribution in [3.63, 3.8) is 0 Å². The lowest BCUT2D eigenvalue weighted by Gasteiger charge is -2.40. The third-order valence-electron chi connectivity index (χ3n) is 5.28. The summed E-state index contributed by atoms with van der Waals surface area (Å²) in [7, 11) is 0. The van der Waals surface area contributed by atoms with E-state index < -0.39 is 0 Å². The Labute approximate surface area is 197 Å². The van der Waals surface area contributed by atoms with Crippen molar-refractivity contribution in [1.82, 2.24) is 15.1 Å². The summed E-state index contributed by atoms with van der Waals surface area (Å²) in [6, 6.07) is 12.5. The number of halogens is 2. The molecule has 1 aliphatic heterocycles. The lowest BCUT2D eigenvalue weighted by Crippen LogP contribution is -2.53. The van der Waals surface area contributed by atoms with Crippen molar-refractivity contribution in [3.05, 3.63) is 68.5 Å². The molecule has 7 heteroatoms. The van der Waals surface area contributed by atoms with Gasteiger partial charge >= 0.3 is 0 Å². The fourth-order valence-corrected chi connectivity index (χ4v) is 4.02. The summed E-state index contributed by atoms with van der Waals surface area (Å²) < 4.78 is 14.4. The smallest absolute Gasteiger partial charge is 0.254 e. The minimum atomic E-state index is -0.367. The molecule has 3 rings (SSSR count). The van der Waals surface area contributed by atoms with Gasteiger partial charge in [0, 0.05) is 52.5 Å². The van der Waals surface area contributed by atoms with Crippen molar-refractivity contribution >= 4 is 34.4 Å². The van der Waals surface area contributed by atoms with E-state index in [1.54, 1.807) is 17.0 Å². The normalized spacial score (nSPS) is 17.5. The molecule has 166 valence electrons. The molecule has 1 aliphatic rings. The average molecular weight is 537 g/mol. The molecule has 31 heavy (non-hydrogen) atoms. The van der Waals surface area contributed by atoms with Crippen LogP contribution in [0, 0.1) is 9.39 Å². The second kappa shape index (κ2) is 9.65. The van der Waals surface area contributed by atoms with Crippen LogP contribution in [0.4, 0.5) is 4.39 Å². The number of piperazine rings is 1. The zero-order chi connectivity index (χ0) is 22.8. The van der Waals surface area contributed by atoms with E-state index in [0.717, 1.165) is 12.1 Å². The molecule has 2 amide bonds. The molecule has 0 bridgehead atoms. The zero-order valence-electron chi connectivity index (χ0n) is 18.4. The first-order valence-corrected chi connectivity index (χ1v) is 11.5. The molecule has 2 aromatic carbocycles. The largest absolute Gasteiger partial charge is 0.347 e. The Bertz CT molecular complexity index is 974. The van der Waals surface area contributed by atoms with E-state index in [9.17, 15) is 14.0 Å². The number of amides is 2. The molecule has 0 unspecified atom stereocenters. The van der Waals surface area contributed by atoms with Crippen LogP contribution in [0.2, 0.25) is 0 Å². The number of carbonyl (C=O) groups is 2. The van der Waals surface area contributed by atoms with Gasteiger partial charge in [-0.25, -0.2) is 4.39 Å². The molecular weight excluding hydrogens is 508 g/mol. The maximum Gasteiger partial charge on any atom is 0.254 e. The summed E-state index contributed by atoms with van der Waals surface area (Å²) in [6.45, 7) is 10.6. The summed E-state index contributed by atoms with van der Waals surface area (Å²) in [4.78, 5) is 29.4.